The molecule has 0 aliphatic heterocycles. The molecule has 2 aromatic carbocycles. The zero-order valence-corrected chi connectivity index (χ0v) is 13.3. The summed E-state index contributed by atoms with van der Waals surface area (Å²) >= 11 is 0. The molecule has 116 valence electrons. The molecule has 0 aromatic heterocycles. The Balaban J connectivity index is 2.27. The van der Waals surface area contributed by atoms with Crippen molar-refractivity contribution in [2.75, 3.05) is 13.2 Å². The molecule has 3 heteroatoms. The van der Waals surface area contributed by atoms with Crippen molar-refractivity contribution in [2.24, 2.45) is 0 Å². The van der Waals surface area contributed by atoms with E-state index in [0.29, 0.717) is 13.2 Å². The van der Waals surface area contributed by atoms with Gasteiger partial charge in [-0.15, -0.1) is 0 Å². The molecule has 0 radical (unpaired) electrons. The molecule has 0 saturated carbocycles. The summed E-state index contributed by atoms with van der Waals surface area (Å²) in [5.74, 6) is 1.50. The first kappa shape index (κ1) is 16.1. The lowest BCUT2D eigenvalue weighted by molar-refractivity contribution is -0.117. The number of ketones is 1. The van der Waals surface area contributed by atoms with E-state index in [9.17, 15) is 4.79 Å². The number of ether oxygens (including phenoxy) is 2. The second-order valence-electron chi connectivity index (χ2n) is 5.05. The van der Waals surface area contributed by atoms with E-state index in [2.05, 4.69) is 0 Å². The van der Waals surface area contributed by atoms with Gasteiger partial charge in [-0.25, -0.2) is 0 Å². The van der Waals surface area contributed by atoms with Crippen LogP contribution in [0.5, 0.6) is 11.5 Å². The van der Waals surface area contributed by atoms with Gasteiger partial charge in [-0.05, 0) is 56.2 Å². The molecule has 0 unspecified atom stereocenters. The Morgan fingerprint density at radius 1 is 0.818 bits per heavy atom. The SMILES string of the molecule is CCOc1ccc(C(C(C)=O)c2ccc(OCC)cc2)cc1. The Bertz CT molecular complexity index is 550. The smallest absolute Gasteiger partial charge is 0.141 e. The van der Waals surface area contributed by atoms with Crippen LogP contribution in [0.3, 0.4) is 0 Å². The van der Waals surface area contributed by atoms with E-state index in [1.807, 2.05) is 62.4 Å². The van der Waals surface area contributed by atoms with E-state index in [-0.39, 0.29) is 11.7 Å². The first-order valence-electron chi connectivity index (χ1n) is 7.61. The van der Waals surface area contributed by atoms with Crippen LogP contribution < -0.4 is 9.47 Å². The highest BCUT2D eigenvalue weighted by Gasteiger charge is 2.19. The van der Waals surface area contributed by atoms with E-state index < -0.39 is 0 Å². The Morgan fingerprint density at radius 3 is 1.45 bits per heavy atom. The number of carbonyl (C=O) groups is 1. The second kappa shape index (κ2) is 7.64. The van der Waals surface area contributed by atoms with Crippen LogP contribution in [0.1, 0.15) is 37.8 Å². The lowest BCUT2D eigenvalue weighted by atomic mass is 9.88. The average Bonchev–Trinajstić information content (AvgIpc) is 2.51. The molecule has 0 heterocycles. The maximum atomic E-state index is 12.1. The van der Waals surface area contributed by atoms with Crippen LogP contribution in [-0.2, 0) is 4.79 Å². The number of rotatable bonds is 7. The number of Topliss-reactive ketones (excluding diaryl/α,β-unsaturated/α-hetero) is 1. The molecular weight excluding hydrogens is 276 g/mol. The molecule has 0 atom stereocenters. The normalized spacial score (nSPS) is 10.5. The van der Waals surface area contributed by atoms with Gasteiger partial charge in [0.15, 0.2) is 0 Å². The van der Waals surface area contributed by atoms with Gasteiger partial charge in [0.25, 0.3) is 0 Å². The van der Waals surface area contributed by atoms with Gasteiger partial charge in [-0.3, -0.25) is 4.79 Å². The van der Waals surface area contributed by atoms with E-state index in [1.54, 1.807) is 6.92 Å². The molecular formula is C19H22O3. The van der Waals surface area contributed by atoms with Crippen molar-refractivity contribution in [3.8, 4) is 11.5 Å². The lowest BCUT2D eigenvalue weighted by Gasteiger charge is -2.16. The fourth-order valence-corrected chi connectivity index (χ4v) is 2.51. The molecule has 3 nitrogen and oxygen atoms in total. The highest BCUT2D eigenvalue weighted by Crippen LogP contribution is 2.28. The quantitative estimate of drug-likeness (QED) is 0.768. The molecule has 0 spiro atoms. The molecule has 0 N–H and O–H groups in total. The Hall–Kier alpha value is -2.29. The highest BCUT2D eigenvalue weighted by atomic mass is 16.5. The molecule has 0 bridgehead atoms. The van der Waals surface area contributed by atoms with Crippen molar-refractivity contribution in [1.82, 2.24) is 0 Å². The van der Waals surface area contributed by atoms with Gasteiger partial charge in [-0.1, -0.05) is 24.3 Å². The van der Waals surface area contributed by atoms with Gasteiger partial charge in [0.05, 0.1) is 19.1 Å². The molecule has 2 aromatic rings. The topological polar surface area (TPSA) is 35.5 Å². The van der Waals surface area contributed by atoms with Crippen LogP contribution >= 0.6 is 0 Å². The maximum Gasteiger partial charge on any atom is 0.141 e. The van der Waals surface area contributed by atoms with Gasteiger partial charge >= 0.3 is 0 Å². The third-order valence-corrected chi connectivity index (χ3v) is 3.46. The van der Waals surface area contributed by atoms with E-state index in [4.69, 9.17) is 9.47 Å². The first-order valence-corrected chi connectivity index (χ1v) is 7.61. The fourth-order valence-electron chi connectivity index (χ4n) is 2.51. The Labute approximate surface area is 131 Å². The van der Waals surface area contributed by atoms with Crippen LogP contribution in [0.15, 0.2) is 48.5 Å². The van der Waals surface area contributed by atoms with Crippen LogP contribution in [0.4, 0.5) is 0 Å². The molecule has 2 rings (SSSR count). The van der Waals surface area contributed by atoms with Gasteiger partial charge in [0.1, 0.15) is 17.3 Å². The van der Waals surface area contributed by atoms with Gasteiger partial charge in [-0.2, -0.15) is 0 Å². The summed E-state index contributed by atoms with van der Waals surface area (Å²) < 4.78 is 10.9. The number of benzene rings is 2. The van der Waals surface area contributed by atoms with Crippen molar-refractivity contribution in [3.05, 3.63) is 59.7 Å². The minimum atomic E-state index is -0.258. The summed E-state index contributed by atoms with van der Waals surface area (Å²) in [6.07, 6.45) is 0. The second-order valence-corrected chi connectivity index (χ2v) is 5.05. The minimum Gasteiger partial charge on any atom is -0.494 e. The maximum absolute atomic E-state index is 12.1. The molecule has 0 aliphatic rings. The number of carbonyl (C=O) groups excluding carboxylic acids is 1. The number of hydrogen-bond donors (Lipinski definition) is 0. The Morgan fingerprint density at radius 2 is 1.18 bits per heavy atom. The molecule has 0 fully saturated rings. The highest BCUT2D eigenvalue weighted by molar-refractivity contribution is 5.87. The standard InChI is InChI=1S/C19H22O3/c1-4-21-17-10-6-15(7-11-17)19(14(3)20)16-8-12-18(13-9-16)22-5-2/h6-13,19H,4-5H2,1-3H3. The third-order valence-electron chi connectivity index (χ3n) is 3.46. The molecule has 0 amide bonds. The van der Waals surface area contributed by atoms with E-state index >= 15 is 0 Å². The minimum absolute atomic E-state index is 0.119. The summed E-state index contributed by atoms with van der Waals surface area (Å²) in [4.78, 5) is 12.1. The van der Waals surface area contributed by atoms with Crippen LogP contribution in [0, 0.1) is 0 Å². The molecule has 22 heavy (non-hydrogen) atoms. The van der Waals surface area contributed by atoms with Crippen molar-refractivity contribution >= 4 is 5.78 Å². The van der Waals surface area contributed by atoms with Crippen molar-refractivity contribution < 1.29 is 14.3 Å². The predicted octanol–water partition coefficient (Wildman–Crippen LogP) is 4.20. The van der Waals surface area contributed by atoms with Crippen molar-refractivity contribution in [2.45, 2.75) is 26.7 Å². The van der Waals surface area contributed by atoms with Crippen molar-refractivity contribution in [3.63, 3.8) is 0 Å². The zero-order chi connectivity index (χ0) is 15.9. The monoisotopic (exact) mass is 298 g/mol. The summed E-state index contributed by atoms with van der Waals surface area (Å²) in [6.45, 7) is 6.79. The zero-order valence-electron chi connectivity index (χ0n) is 13.3. The fraction of sp³-hybridized carbons (Fsp3) is 0.316. The third kappa shape index (κ3) is 3.88. The molecule has 0 saturated heterocycles. The van der Waals surface area contributed by atoms with Gasteiger partial charge in [0.2, 0.25) is 0 Å². The Kier molecular flexibility index (Phi) is 5.59. The van der Waals surface area contributed by atoms with E-state index in [0.717, 1.165) is 22.6 Å². The number of hydrogen-bond acceptors (Lipinski definition) is 3. The average molecular weight is 298 g/mol. The summed E-state index contributed by atoms with van der Waals surface area (Å²) in [7, 11) is 0. The van der Waals surface area contributed by atoms with Gasteiger partial charge in [0, 0.05) is 0 Å². The predicted molar refractivity (Wildman–Crippen MR) is 87.7 cm³/mol. The summed E-state index contributed by atoms with van der Waals surface area (Å²) in [5, 5.41) is 0. The molecule has 0 aliphatic carbocycles. The van der Waals surface area contributed by atoms with Crippen LogP contribution in [-0.4, -0.2) is 19.0 Å². The van der Waals surface area contributed by atoms with Crippen molar-refractivity contribution in [1.29, 1.82) is 0 Å². The lowest BCUT2D eigenvalue weighted by Crippen LogP contribution is -2.10. The van der Waals surface area contributed by atoms with E-state index in [1.165, 1.54) is 0 Å². The van der Waals surface area contributed by atoms with Crippen LogP contribution in [0.2, 0.25) is 0 Å². The van der Waals surface area contributed by atoms with Gasteiger partial charge < -0.3 is 9.47 Å². The van der Waals surface area contributed by atoms with Crippen LogP contribution in [0.25, 0.3) is 0 Å². The largest absolute Gasteiger partial charge is 0.494 e. The first-order chi connectivity index (χ1) is 10.7. The summed E-state index contributed by atoms with van der Waals surface area (Å²) in [6, 6.07) is 15.4. The summed E-state index contributed by atoms with van der Waals surface area (Å²) in [5.41, 5.74) is 1.94.